The number of rotatable bonds is 2. The van der Waals surface area contributed by atoms with Gasteiger partial charge in [0, 0.05) is 27.6 Å². The van der Waals surface area contributed by atoms with Crippen molar-refractivity contribution in [2.45, 2.75) is 51.1 Å². The van der Waals surface area contributed by atoms with Crippen LogP contribution in [0.4, 0.5) is 17.1 Å². The number of anilines is 3. The van der Waals surface area contributed by atoms with Crippen LogP contribution < -0.4 is 15.3 Å². The number of benzene rings is 7. The molecule has 3 aliphatic rings. The van der Waals surface area contributed by atoms with Crippen molar-refractivity contribution in [3.05, 3.63) is 150 Å². The standard InChI is InChI=1S/C46H39NSi/c1-30-22-24-35-37(28-30)44(31-23-25-39-36(29-31)32-14-6-7-17-38(32)46(39,2)3)33-15-4-5-16-34(33)45(35)47-40-18-8-10-20-42(40)48(26-12-13-27-48)43-21-11-9-19-41(43)47/h4-11,14-25,28-29H,12-13,26-27H2,1-3H3. The summed E-state index contributed by atoms with van der Waals surface area (Å²) in [7, 11) is -1.84. The van der Waals surface area contributed by atoms with E-state index in [1.165, 1.54) is 102 Å². The number of para-hydroxylation sites is 2. The van der Waals surface area contributed by atoms with Crippen molar-refractivity contribution in [2.75, 3.05) is 4.90 Å². The highest BCUT2D eigenvalue weighted by molar-refractivity contribution is 7.05. The van der Waals surface area contributed by atoms with Crippen LogP contribution >= 0.6 is 0 Å². The minimum Gasteiger partial charge on any atom is -0.309 e. The van der Waals surface area contributed by atoms with E-state index in [4.69, 9.17) is 0 Å². The molecule has 7 aromatic rings. The second-order valence-corrected chi connectivity index (χ2v) is 19.1. The summed E-state index contributed by atoms with van der Waals surface area (Å²) in [4.78, 5) is 2.65. The Morgan fingerprint density at radius 3 is 1.90 bits per heavy atom. The fourth-order valence-electron chi connectivity index (χ4n) is 9.88. The molecule has 0 bridgehead atoms. The molecular weight excluding hydrogens is 595 g/mol. The van der Waals surface area contributed by atoms with Gasteiger partial charge in [0.05, 0.1) is 5.69 Å². The Balaban J connectivity index is 1.30. The van der Waals surface area contributed by atoms with Gasteiger partial charge in [-0.25, -0.2) is 0 Å². The van der Waals surface area contributed by atoms with Crippen LogP contribution in [0.1, 0.15) is 43.4 Å². The second-order valence-electron chi connectivity index (χ2n) is 14.9. The molecule has 0 amide bonds. The third-order valence-corrected chi connectivity index (χ3v) is 17.3. The zero-order valence-corrected chi connectivity index (χ0v) is 29.0. The molecule has 2 aliphatic heterocycles. The van der Waals surface area contributed by atoms with E-state index in [0.717, 1.165) is 0 Å². The summed E-state index contributed by atoms with van der Waals surface area (Å²) >= 11 is 0. The minimum atomic E-state index is -1.84. The summed E-state index contributed by atoms with van der Waals surface area (Å²) in [6.07, 6.45) is 2.69. The fraction of sp³-hybridized carbons (Fsp3) is 0.174. The Kier molecular flexibility index (Phi) is 5.88. The first kappa shape index (κ1) is 28.1. The monoisotopic (exact) mass is 633 g/mol. The van der Waals surface area contributed by atoms with Gasteiger partial charge in [0.1, 0.15) is 8.07 Å². The Morgan fingerprint density at radius 1 is 0.542 bits per heavy atom. The van der Waals surface area contributed by atoms with Crippen LogP contribution in [0.15, 0.2) is 133 Å². The Hall–Kier alpha value is -4.92. The SMILES string of the molecule is Cc1ccc2c(N3c4ccccc4[Si]4(CCCC4)c4ccccc43)c3ccccc3c(-c3ccc4c(c3)-c3ccccc3C4(C)C)c2c1. The minimum absolute atomic E-state index is 0.00985. The highest BCUT2D eigenvalue weighted by Crippen LogP contribution is 2.53. The van der Waals surface area contributed by atoms with Crippen molar-refractivity contribution >= 4 is 57.1 Å². The van der Waals surface area contributed by atoms with E-state index < -0.39 is 8.07 Å². The molecule has 0 saturated carbocycles. The van der Waals surface area contributed by atoms with E-state index in [2.05, 4.69) is 159 Å². The van der Waals surface area contributed by atoms with Crippen LogP contribution in [-0.4, -0.2) is 8.07 Å². The lowest BCUT2D eigenvalue weighted by Crippen LogP contribution is -2.60. The summed E-state index contributed by atoms with van der Waals surface area (Å²) in [5.74, 6) is 0. The van der Waals surface area contributed by atoms with Crippen LogP contribution in [0.25, 0.3) is 43.8 Å². The van der Waals surface area contributed by atoms with E-state index in [9.17, 15) is 0 Å². The van der Waals surface area contributed by atoms with Gasteiger partial charge in [-0.15, -0.1) is 0 Å². The van der Waals surface area contributed by atoms with Gasteiger partial charge in [0.15, 0.2) is 0 Å². The van der Waals surface area contributed by atoms with Crippen LogP contribution in [-0.2, 0) is 5.41 Å². The maximum absolute atomic E-state index is 2.65. The molecule has 7 aromatic carbocycles. The molecule has 1 fully saturated rings. The molecule has 232 valence electrons. The molecule has 0 radical (unpaired) electrons. The lowest BCUT2D eigenvalue weighted by atomic mass is 9.82. The quantitative estimate of drug-likeness (QED) is 0.135. The van der Waals surface area contributed by atoms with Crippen LogP contribution in [0.5, 0.6) is 0 Å². The van der Waals surface area contributed by atoms with Crippen molar-refractivity contribution in [1.29, 1.82) is 0 Å². The topological polar surface area (TPSA) is 3.24 Å². The van der Waals surface area contributed by atoms with Gasteiger partial charge < -0.3 is 4.90 Å². The van der Waals surface area contributed by atoms with E-state index in [-0.39, 0.29) is 5.41 Å². The predicted molar refractivity (Wildman–Crippen MR) is 208 cm³/mol. The number of aryl methyl sites for hydroxylation is 1. The van der Waals surface area contributed by atoms with Crippen LogP contribution in [0.3, 0.4) is 0 Å². The Morgan fingerprint density at radius 2 is 1.15 bits per heavy atom. The van der Waals surface area contributed by atoms with Crippen molar-refractivity contribution in [3.63, 3.8) is 0 Å². The summed E-state index contributed by atoms with van der Waals surface area (Å²) < 4.78 is 0. The normalized spacial score (nSPS) is 16.6. The number of hydrogen-bond acceptors (Lipinski definition) is 1. The second kappa shape index (κ2) is 10.0. The number of nitrogens with zero attached hydrogens (tertiary/aromatic N) is 1. The fourth-order valence-corrected chi connectivity index (χ4v) is 15.4. The number of fused-ring (bicyclic) bond motifs is 9. The largest absolute Gasteiger partial charge is 0.309 e. The first-order valence-electron chi connectivity index (χ1n) is 17.7. The first-order chi connectivity index (χ1) is 23.5. The summed E-state index contributed by atoms with van der Waals surface area (Å²) in [6, 6.07) is 54.1. The van der Waals surface area contributed by atoms with Crippen molar-refractivity contribution in [1.82, 2.24) is 0 Å². The smallest absolute Gasteiger partial charge is 0.123 e. The highest BCUT2D eigenvalue weighted by atomic mass is 28.3. The molecule has 1 saturated heterocycles. The van der Waals surface area contributed by atoms with E-state index in [0.29, 0.717) is 0 Å². The first-order valence-corrected chi connectivity index (χ1v) is 20.1. The van der Waals surface area contributed by atoms with Gasteiger partial charge in [-0.1, -0.05) is 148 Å². The predicted octanol–water partition coefficient (Wildman–Crippen LogP) is 11.4. The molecule has 1 aliphatic carbocycles. The van der Waals surface area contributed by atoms with Crippen molar-refractivity contribution in [2.24, 2.45) is 0 Å². The van der Waals surface area contributed by atoms with Gasteiger partial charge in [0.2, 0.25) is 0 Å². The lowest BCUT2D eigenvalue weighted by molar-refractivity contribution is 0.660. The average molecular weight is 634 g/mol. The van der Waals surface area contributed by atoms with Gasteiger partial charge in [-0.05, 0) is 91.7 Å². The Labute approximate surface area is 284 Å². The summed E-state index contributed by atoms with van der Waals surface area (Å²) in [5.41, 5.74) is 13.6. The van der Waals surface area contributed by atoms with Crippen LogP contribution in [0, 0.1) is 6.92 Å². The Bertz CT molecular complexity index is 2410. The molecule has 48 heavy (non-hydrogen) atoms. The lowest BCUT2D eigenvalue weighted by Gasteiger charge is -2.43. The summed E-state index contributed by atoms with van der Waals surface area (Å²) in [5, 5.41) is 8.49. The third-order valence-electron chi connectivity index (χ3n) is 12.0. The molecule has 10 rings (SSSR count). The van der Waals surface area contributed by atoms with E-state index in [1.807, 2.05) is 0 Å². The average Bonchev–Trinajstić information content (AvgIpc) is 3.70. The van der Waals surface area contributed by atoms with Gasteiger partial charge in [-0.2, -0.15) is 0 Å². The molecule has 2 heteroatoms. The van der Waals surface area contributed by atoms with Gasteiger partial charge in [-0.3, -0.25) is 0 Å². The molecule has 2 heterocycles. The maximum Gasteiger partial charge on any atom is 0.123 e. The molecule has 1 spiro atoms. The zero-order valence-electron chi connectivity index (χ0n) is 28.0. The molecule has 0 N–H and O–H groups in total. The van der Waals surface area contributed by atoms with Crippen LogP contribution in [0.2, 0.25) is 12.1 Å². The zero-order chi connectivity index (χ0) is 32.2. The van der Waals surface area contributed by atoms with E-state index in [1.54, 1.807) is 10.4 Å². The van der Waals surface area contributed by atoms with Crippen molar-refractivity contribution < 1.29 is 0 Å². The molecular formula is C46H39NSi. The molecule has 1 nitrogen and oxygen atoms in total. The number of hydrogen-bond donors (Lipinski definition) is 0. The molecule has 0 unspecified atom stereocenters. The summed E-state index contributed by atoms with van der Waals surface area (Å²) in [6.45, 7) is 6.97. The van der Waals surface area contributed by atoms with Gasteiger partial charge >= 0.3 is 0 Å². The molecule has 0 atom stereocenters. The van der Waals surface area contributed by atoms with E-state index >= 15 is 0 Å². The molecule has 0 aromatic heterocycles. The third kappa shape index (κ3) is 3.67. The highest BCUT2D eigenvalue weighted by Gasteiger charge is 2.47. The van der Waals surface area contributed by atoms with Gasteiger partial charge in [0.25, 0.3) is 0 Å². The van der Waals surface area contributed by atoms with Crippen molar-refractivity contribution in [3.8, 4) is 22.3 Å². The maximum atomic E-state index is 2.65.